The van der Waals surface area contributed by atoms with Crippen molar-refractivity contribution in [3.63, 3.8) is 0 Å². The van der Waals surface area contributed by atoms with Gasteiger partial charge in [0, 0.05) is 5.38 Å². The topological polar surface area (TPSA) is 72.5 Å². The first kappa shape index (κ1) is 14.3. The molecule has 0 radical (unpaired) electrons. The molecule has 0 amide bonds. The molecule has 0 aliphatic rings. The molecule has 1 aromatic heterocycles. The van der Waals surface area contributed by atoms with E-state index in [4.69, 9.17) is 10.5 Å². The molecule has 2 aromatic rings. The number of nitrogens with zero attached hydrogens (tertiary/aromatic N) is 2. The van der Waals surface area contributed by atoms with Crippen molar-refractivity contribution in [3.05, 3.63) is 35.2 Å². The van der Waals surface area contributed by atoms with Gasteiger partial charge in [-0.3, -0.25) is 5.43 Å². The quantitative estimate of drug-likeness (QED) is 0.669. The van der Waals surface area contributed by atoms with E-state index in [-0.39, 0.29) is 5.60 Å². The monoisotopic (exact) mass is 290 g/mol. The lowest BCUT2D eigenvalue weighted by atomic mass is 10.2. The largest absolute Gasteiger partial charge is 0.488 e. The Balaban J connectivity index is 1.93. The second kappa shape index (κ2) is 5.92. The van der Waals surface area contributed by atoms with E-state index < -0.39 is 0 Å². The highest BCUT2D eigenvalue weighted by Crippen LogP contribution is 2.18. The molecule has 0 saturated carbocycles. The van der Waals surface area contributed by atoms with Crippen LogP contribution in [-0.4, -0.2) is 16.8 Å². The van der Waals surface area contributed by atoms with E-state index in [1.54, 1.807) is 11.6 Å². The number of nitrogens with one attached hydrogen (secondary N) is 1. The van der Waals surface area contributed by atoms with E-state index in [1.165, 1.54) is 11.3 Å². The summed E-state index contributed by atoms with van der Waals surface area (Å²) < 4.78 is 5.75. The fourth-order valence-corrected chi connectivity index (χ4v) is 2.02. The standard InChI is InChI=1S/C14H18N4OS/c1-14(2,3)19-11-6-4-10(5-7-11)8-16-18-13-17-12(15)9-20-13/h4-9H,15H2,1-3H3,(H,17,18). The number of hydrazone groups is 1. The van der Waals surface area contributed by atoms with Gasteiger partial charge in [-0.1, -0.05) is 0 Å². The third-order valence-corrected chi connectivity index (χ3v) is 2.97. The molecule has 106 valence electrons. The first-order chi connectivity index (χ1) is 9.42. The average Bonchev–Trinajstić information content (AvgIpc) is 2.75. The lowest BCUT2D eigenvalue weighted by Crippen LogP contribution is -2.22. The highest BCUT2D eigenvalue weighted by Gasteiger charge is 2.10. The lowest BCUT2D eigenvalue weighted by Gasteiger charge is -2.21. The summed E-state index contributed by atoms with van der Waals surface area (Å²) >= 11 is 1.41. The number of hydrogen-bond donors (Lipinski definition) is 2. The molecule has 0 aliphatic carbocycles. The summed E-state index contributed by atoms with van der Waals surface area (Å²) in [5.41, 5.74) is 9.14. The van der Waals surface area contributed by atoms with Crippen molar-refractivity contribution < 1.29 is 4.74 Å². The smallest absolute Gasteiger partial charge is 0.205 e. The summed E-state index contributed by atoms with van der Waals surface area (Å²) in [5, 5.41) is 6.54. The summed E-state index contributed by atoms with van der Waals surface area (Å²) in [6.07, 6.45) is 1.72. The number of rotatable bonds is 4. The Morgan fingerprint density at radius 2 is 2.00 bits per heavy atom. The van der Waals surface area contributed by atoms with Crippen molar-refractivity contribution in [3.8, 4) is 5.75 Å². The average molecular weight is 290 g/mol. The summed E-state index contributed by atoms with van der Waals surface area (Å²) in [5.74, 6) is 1.34. The SMILES string of the molecule is CC(C)(C)Oc1ccc(C=NNc2nc(N)cs2)cc1. The maximum Gasteiger partial charge on any atom is 0.205 e. The first-order valence-electron chi connectivity index (χ1n) is 6.21. The zero-order chi connectivity index (χ0) is 14.6. The van der Waals surface area contributed by atoms with Crippen LogP contribution in [0, 0.1) is 0 Å². The van der Waals surface area contributed by atoms with Crippen LogP contribution in [0.15, 0.2) is 34.7 Å². The third kappa shape index (κ3) is 4.55. The maximum atomic E-state index is 5.75. The molecule has 0 spiro atoms. The Labute approximate surface area is 122 Å². The van der Waals surface area contributed by atoms with Crippen molar-refractivity contribution in [1.82, 2.24) is 4.98 Å². The fourth-order valence-electron chi connectivity index (χ4n) is 1.48. The van der Waals surface area contributed by atoms with Crippen molar-refractivity contribution in [2.75, 3.05) is 11.2 Å². The molecule has 2 rings (SSSR count). The minimum atomic E-state index is -0.193. The number of nitrogens with two attached hydrogens (primary N) is 1. The normalized spacial score (nSPS) is 11.8. The Hall–Kier alpha value is -2.08. The second-order valence-electron chi connectivity index (χ2n) is 5.23. The number of benzene rings is 1. The zero-order valence-corrected chi connectivity index (χ0v) is 12.6. The molecule has 0 atom stereocenters. The molecule has 1 heterocycles. The molecule has 0 saturated heterocycles. The molecule has 0 fully saturated rings. The summed E-state index contributed by atoms with van der Waals surface area (Å²) in [6, 6.07) is 7.74. The van der Waals surface area contributed by atoms with E-state index in [0.29, 0.717) is 10.9 Å². The van der Waals surface area contributed by atoms with E-state index in [0.717, 1.165) is 11.3 Å². The van der Waals surface area contributed by atoms with Gasteiger partial charge in [0.1, 0.15) is 17.2 Å². The summed E-state index contributed by atoms with van der Waals surface area (Å²) in [6.45, 7) is 6.06. The minimum Gasteiger partial charge on any atom is -0.488 e. The van der Waals surface area contributed by atoms with E-state index in [1.807, 2.05) is 45.0 Å². The highest BCUT2D eigenvalue weighted by molar-refractivity contribution is 7.14. The van der Waals surface area contributed by atoms with Crippen molar-refractivity contribution >= 4 is 28.5 Å². The van der Waals surface area contributed by atoms with Crippen molar-refractivity contribution in [2.24, 2.45) is 5.10 Å². The first-order valence-corrected chi connectivity index (χ1v) is 7.09. The maximum absolute atomic E-state index is 5.75. The van der Waals surface area contributed by atoms with Crippen molar-refractivity contribution in [2.45, 2.75) is 26.4 Å². The Morgan fingerprint density at radius 3 is 2.55 bits per heavy atom. The Morgan fingerprint density at radius 1 is 1.30 bits per heavy atom. The molecule has 0 bridgehead atoms. The predicted molar refractivity (Wildman–Crippen MR) is 84.6 cm³/mol. The van der Waals surface area contributed by atoms with Gasteiger partial charge in [0.2, 0.25) is 5.13 Å². The van der Waals surface area contributed by atoms with Crippen LogP contribution in [0.3, 0.4) is 0 Å². The number of thiazole rings is 1. The van der Waals surface area contributed by atoms with E-state index >= 15 is 0 Å². The molecule has 1 aromatic carbocycles. The van der Waals surface area contributed by atoms with Gasteiger partial charge in [-0.25, -0.2) is 4.98 Å². The van der Waals surface area contributed by atoms with Crippen LogP contribution < -0.4 is 15.9 Å². The van der Waals surface area contributed by atoms with Crippen LogP contribution in [0.4, 0.5) is 10.9 Å². The summed E-state index contributed by atoms with van der Waals surface area (Å²) in [7, 11) is 0. The number of aromatic nitrogens is 1. The van der Waals surface area contributed by atoms with Gasteiger partial charge in [-0.15, -0.1) is 11.3 Å². The van der Waals surface area contributed by atoms with Gasteiger partial charge in [0.05, 0.1) is 6.21 Å². The second-order valence-corrected chi connectivity index (χ2v) is 6.09. The number of nitrogen functional groups attached to an aromatic ring is 1. The van der Waals surface area contributed by atoms with Crippen molar-refractivity contribution in [1.29, 1.82) is 0 Å². The Kier molecular flexibility index (Phi) is 4.24. The van der Waals surface area contributed by atoms with Gasteiger partial charge in [0.25, 0.3) is 0 Å². The van der Waals surface area contributed by atoms with Crippen LogP contribution in [0.2, 0.25) is 0 Å². The third-order valence-electron chi connectivity index (χ3n) is 2.20. The molecule has 0 aliphatic heterocycles. The van der Waals surface area contributed by atoms with Gasteiger partial charge < -0.3 is 10.5 Å². The van der Waals surface area contributed by atoms with E-state index in [2.05, 4.69) is 15.5 Å². The molecular weight excluding hydrogens is 272 g/mol. The van der Waals surface area contributed by atoms with Crippen LogP contribution >= 0.6 is 11.3 Å². The summed E-state index contributed by atoms with van der Waals surface area (Å²) in [4.78, 5) is 4.05. The van der Waals surface area contributed by atoms with Gasteiger partial charge in [-0.05, 0) is 50.6 Å². The fraction of sp³-hybridized carbons (Fsp3) is 0.286. The van der Waals surface area contributed by atoms with Gasteiger partial charge >= 0.3 is 0 Å². The lowest BCUT2D eigenvalue weighted by molar-refractivity contribution is 0.131. The van der Waals surface area contributed by atoms with E-state index in [9.17, 15) is 0 Å². The molecule has 6 heteroatoms. The molecule has 5 nitrogen and oxygen atoms in total. The number of hydrogen-bond acceptors (Lipinski definition) is 6. The van der Waals surface area contributed by atoms with Gasteiger partial charge in [-0.2, -0.15) is 5.10 Å². The molecule has 3 N–H and O–H groups in total. The Bertz CT molecular complexity index is 584. The zero-order valence-electron chi connectivity index (χ0n) is 11.8. The van der Waals surface area contributed by atoms with Crippen LogP contribution in [-0.2, 0) is 0 Å². The predicted octanol–water partition coefficient (Wildman–Crippen LogP) is 3.35. The van der Waals surface area contributed by atoms with Gasteiger partial charge in [0.15, 0.2) is 0 Å². The molecular formula is C14H18N4OS. The molecule has 20 heavy (non-hydrogen) atoms. The number of anilines is 2. The van der Waals surface area contributed by atoms with Crippen LogP contribution in [0.1, 0.15) is 26.3 Å². The number of ether oxygens (including phenoxy) is 1. The minimum absolute atomic E-state index is 0.193. The highest BCUT2D eigenvalue weighted by atomic mass is 32.1. The van der Waals surface area contributed by atoms with Crippen LogP contribution in [0.5, 0.6) is 5.75 Å². The molecule has 0 unspecified atom stereocenters. The van der Waals surface area contributed by atoms with Crippen LogP contribution in [0.25, 0.3) is 0 Å².